The van der Waals surface area contributed by atoms with Gasteiger partial charge in [-0.2, -0.15) is 0 Å². The van der Waals surface area contributed by atoms with E-state index in [1.165, 1.54) is 12.4 Å². The van der Waals surface area contributed by atoms with E-state index < -0.39 is 0 Å². The third kappa shape index (κ3) is 3.78. The van der Waals surface area contributed by atoms with Gasteiger partial charge in [0.2, 0.25) is 5.95 Å². The van der Waals surface area contributed by atoms with Crippen molar-refractivity contribution in [2.75, 3.05) is 18.4 Å². The first-order chi connectivity index (χ1) is 13.5. The van der Waals surface area contributed by atoms with Gasteiger partial charge in [-0.1, -0.05) is 0 Å². The summed E-state index contributed by atoms with van der Waals surface area (Å²) in [5.41, 5.74) is 2.97. The van der Waals surface area contributed by atoms with Crippen LogP contribution in [0, 0.1) is 20.8 Å². The van der Waals surface area contributed by atoms with Crippen molar-refractivity contribution in [3.05, 3.63) is 59.3 Å². The quantitative estimate of drug-likeness (QED) is 0.736. The third-order valence-electron chi connectivity index (χ3n) is 4.41. The van der Waals surface area contributed by atoms with Crippen LogP contribution in [0.1, 0.15) is 39.3 Å². The lowest BCUT2D eigenvalue weighted by atomic mass is 9.98. The van der Waals surface area contributed by atoms with Crippen LogP contribution in [0.4, 0.5) is 11.8 Å². The summed E-state index contributed by atoms with van der Waals surface area (Å²) in [5, 5.41) is 3.16. The highest BCUT2D eigenvalue weighted by atomic mass is 16.2. The van der Waals surface area contributed by atoms with Gasteiger partial charge in [0, 0.05) is 48.6 Å². The van der Waals surface area contributed by atoms with Crippen LogP contribution in [0.15, 0.2) is 30.7 Å². The summed E-state index contributed by atoms with van der Waals surface area (Å²) in [5.74, 6) is 1.82. The minimum Gasteiger partial charge on any atom is -0.336 e. The second kappa shape index (κ2) is 7.26. The number of aromatic nitrogens is 6. The number of nitrogens with zero attached hydrogens (tertiary/aromatic N) is 7. The summed E-state index contributed by atoms with van der Waals surface area (Å²) in [4.78, 5) is 40.0. The fraction of sp³-hybridized carbons (Fsp3) is 0.316. The number of likely N-dealkylation sites (tertiary alicyclic amines) is 1. The number of carbonyl (C=O) groups is 1. The normalized spacial score (nSPS) is 13.9. The van der Waals surface area contributed by atoms with E-state index >= 15 is 0 Å². The number of aryl methyl sites for hydroxylation is 3. The van der Waals surface area contributed by atoms with Crippen molar-refractivity contribution in [3.63, 3.8) is 0 Å². The largest absolute Gasteiger partial charge is 0.336 e. The lowest BCUT2D eigenvalue weighted by molar-refractivity contribution is 0.0588. The number of hydrogen-bond acceptors (Lipinski definition) is 8. The maximum atomic E-state index is 12.4. The molecule has 4 rings (SSSR count). The minimum atomic E-state index is -0.126. The van der Waals surface area contributed by atoms with Gasteiger partial charge < -0.3 is 10.2 Å². The molecule has 1 amide bonds. The smallest absolute Gasteiger partial charge is 0.274 e. The van der Waals surface area contributed by atoms with E-state index in [-0.39, 0.29) is 11.8 Å². The van der Waals surface area contributed by atoms with Gasteiger partial charge in [-0.3, -0.25) is 9.78 Å². The zero-order valence-corrected chi connectivity index (χ0v) is 15.9. The summed E-state index contributed by atoms with van der Waals surface area (Å²) in [6, 6.07) is 3.77. The number of amides is 1. The van der Waals surface area contributed by atoms with E-state index in [1.54, 1.807) is 11.1 Å². The molecule has 0 spiro atoms. The van der Waals surface area contributed by atoms with Crippen molar-refractivity contribution in [2.24, 2.45) is 0 Å². The highest BCUT2D eigenvalue weighted by Crippen LogP contribution is 2.27. The van der Waals surface area contributed by atoms with E-state index in [1.807, 2.05) is 32.9 Å². The molecule has 1 aliphatic rings. The van der Waals surface area contributed by atoms with Crippen LogP contribution in [0.5, 0.6) is 0 Å². The maximum absolute atomic E-state index is 12.4. The predicted molar refractivity (Wildman–Crippen MR) is 102 cm³/mol. The first kappa shape index (κ1) is 17.9. The van der Waals surface area contributed by atoms with Crippen molar-refractivity contribution in [1.29, 1.82) is 0 Å². The van der Waals surface area contributed by atoms with Crippen LogP contribution < -0.4 is 5.32 Å². The summed E-state index contributed by atoms with van der Waals surface area (Å²) >= 11 is 0. The molecule has 0 saturated carbocycles. The van der Waals surface area contributed by atoms with Crippen molar-refractivity contribution in [3.8, 4) is 0 Å². The Balaban J connectivity index is 1.47. The van der Waals surface area contributed by atoms with Gasteiger partial charge in [0.1, 0.15) is 17.3 Å². The van der Waals surface area contributed by atoms with Crippen LogP contribution in [-0.2, 0) is 0 Å². The molecule has 1 aliphatic heterocycles. The molecule has 0 atom stereocenters. The SMILES string of the molecule is Cc1cc(C)nc(Nc2cc(C)nc(C3CN(C(=O)c4cnccn4)C3)n2)n1. The Bertz CT molecular complexity index is 997. The molecular weight excluding hydrogens is 356 g/mol. The van der Waals surface area contributed by atoms with Crippen molar-refractivity contribution < 1.29 is 4.79 Å². The zero-order valence-electron chi connectivity index (χ0n) is 15.9. The molecule has 0 radical (unpaired) electrons. The molecule has 3 aromatic heterocycles. The fourth-order valence-corrected chi connectivity index (χ4v) is 3.11. The molecule has 0 bridgehead atoms. The average molecular weight is 376 g/mol. The molecule has 1 N–H and O–H groups in total. The first-order valence-electron chi connectivity index (χ1n) is 8.98. The second-order valence-electron chi connectivity index (χ2n) is 6.85. The highest BCUT2D eigenvalue weighted by Gasteiger charge is 2.35. The fourth-order valence-electron chi connectivity index (χ4n) is 3.11. The lowest BCUT2D eigenvalue weighted by Gasteiger charge is -2.38. The van der Waals surface area contributed by atoms with Gasteiger partial charge in [0.25, 0.3) is 5.91 Å². The number of rotatable bonds is 4. The molecule has 0 unspecified atom stereocenters. The molecule has 0 aromatic carbocycles. The first-order valence-corrected chi connectivity index (χ1v) is 8.98. The third-order valence-corrected chi connectivity index (χ3v) is 4.41. The van der Waals surface area contributed by atoms with Crippen molar-refractivity contribution >= 4 is 17.7 Å². The van der Waals surface area contributed by atoms with E-state index in [9.17, 15) is 4.79 Å². The van der Waals surface area contributed by atoms with E-state index in [2.05, 4.69) is 35.2 Å². The van der Waals surface area contributed by atoms with E-state index in [4.69, 9.17) is 0 Å². The number of anilines is 2. The Labute approximate surface area is 162 Å². The standard InChI is InChI=1S/C19H20N8O/c1-11-6-12(2)24-19(23-11)26-16-7-13(3)22-17(25-16)14-9-27(10-14)18(28)15-8-20-4-5-21-15/h4-8,14H,9-10H2,1-3H3,(H,22,23,24,25,26). The molecular formula is C19H20N8O. The number of nitrogens with one attached hydrogen (secondary N) is 1. The Hall–Kier alpha value is -3.49. The Kier molecular flexibility index (Phi) is 4.64. The average Bonchev–Trinajstić information content (AvgIpc) is 2.59. The maximum Gasteiger partial charge on any atom is 0.274 e. The van der Waals surface area contributed by atoms with Gasteiger partial charge in [-0.15, -0.1) is 0 Å². The number of carbonyl (C=O) groups excluding carboxylic acids is 1. The van der Waals surface area contributed by atoms with Crippen LogP contribution in [0.25, 0.3) is 0 Å². The van der Waals surface area contributed by atoms with Gasteiger partial charge in [0.05, 0.1) is 12.1 Å². The number of hydrogen-bond donors (Lipinski definition) is 1. The summed E-state index contributed by atoms with van der Waals surface area (Å²) in [7, 11) is 0. The Morgan fingerprint density at radius 3 is 2.39 bits per heavy atom. The molecule has 0 aliphatic carbocycles. The lowest BCUT2D eigenvalue weighted by Crippen LogP contribution is -2.49. The van der Waals surface area contributed by atoms with Crippen LogP contribution in [0.3, 0.4) is 0 Å². The summed E-state index contributed by atoms with van der Waals surface area (Å²) in [6.07, 6.45) is 4.54. The predicted octanol–water partition coefficient (Wildman–Crippen LogP) is 1.97. The van der Waals surface area contributed by atoms with Crippen molar-refractivity contribution in [1.82, 2.24) is 34.8 Å². The van der Waals surface area contributed by atoms with Gasteiger partial charge in [-0.05, 0) is 26.8 Å². The summed E-state index contributed by atoms with van der Waals surface area (Å²) < 4.78 is 0. The van der Waals surface area contributed by atoms with Gasteiger partial charge in [0.15, 0.2) is 0 Å². The Morgan fingerprint density at radius 1 is 1.00 bits per heavy atom. The Morgan fingerprint density at radius 2 is 1.71 bits per heavy atom. The van der Waals surface area contributed by atoms with Crippen LogP contribution >= 0.6 is 0 Å². The second-order valence-corrected chi connectivity index (χ2v) is 6.85. The van der Waals surface area contributed by atoms with Gasteiger partial charge in [-0.25, -0.2) is 24.9 Å². The van der Waals surface area contributed by atoms with E-state index in [0.717, 1.165) is 17.1 Å². The molecule has 4 heterocycles. The molecule has 142 valence electrons. The molecule has 1 fully saturated rings. The summed E-state index contributed by atoms with van der Waals surface area (Å²) in [6.45, 7) is 6.87. The van der Waals surface area contributed by atoms with Crippen LogP contribution in [0.2, 0.25) is 0 Å². The van der Waals surface area contributed by atoms with Gasteiger partial charge >= 0.3 is 0 Å². The zero-order chi connectivity index (χ0) is 19.7. The van der Waals surface area contributed by atoms with E-state index in [0.29, 0.717) is 36.4 Å². The molecule has 28 heavy (non-hydrogen) atoms. The highest BCUT2D eigenvalue weighted by molar-refractivity contribution is 5.92. The minimum absolute atomic E-state index is 0.0845. The molecule has 3 aromatic rings. The van der Waals surface area contributed by atoms with Crippen LogP contribution in [-0.4, -0.2) is 53.8 Å². The monoisotopic (exact) mass is 376 g/mol. The topological polar surface area (TPSA) is 110 Å². The van der Waals surface area contributed by atoms with Crippen molar-refractivity contribution in [2.45, 2.75) is 26.7 Å². The molecule has 1 saturated heterocycles. The molecule has 9 nitrogen and oxygen atoms in total. The molecule has 9 heteroatoms.